The van der Waals surface area contributed by atoms with Crippen LogP contribution in [-0.2, 0) is 9.59 Å². The Morgan fingerprint density at radius 3 is 2.59 bits per heavy atom. The smallest absolute Gasteiger partial charge is 0.238 e. The molecule has 1 saturated carbocycles. The molecule has 1 saturated heterocycles. The topological polar surface area (TPSA) is 64.7 Å². The van der Waals surface area contributed by atoms with Crippen molar-refractivity contribution in [3.63, 3.8) is 0 Å². The van der Waals surface area contributed by atoms with Gasteiger partial charge in [-0.2, -0.15) is 0 Å². The van der Waals surface area contributed by atoms with E-state index in [1.165, 1.54) is 31.4 Å². The van der Waals surface area contributed by atoms with Crippen LogP contribution in [0.25, 0.3) is 0 Å². The standard InChI is InChI=1S/C22H33FN4O2/c1-16-6-3-4-9-20(16)25-22(29)17(2)27-12-10-26(11-13-27)15-21(28)24-19-8-5-7-18(23)14-19/h5,7-8,14,16-17,20H,3-4,6,9-13,15H2,1-2H3,(H,24,28)(H,25,29)/t16-,17+,20+/m0/s1. The molecule has 160 valence electrons. The van der Waals surface area contributed by atoms with Crippen LogP contribution in [0.4, 0.5) is 10.1 Å². The van der Waals surface area contributed by atoms with Crippen molar-refractivity contribution in [2.24, 2.45) is 5.92 Å². The SMILES string of the molecule is C[C@H](C(=O)N[C@@H]1CCCC[C@@H]1C)N1CCN(CC(=O)Nc2cccc(F)c2)CC1. The van der Waals surface area contributed by atoms with Crippen LogP contribution < -0.4 is 10.6 Å². The molecular formula is C22H33FN4O2. The third-order valence-electron chi connectivity index (χ3n) is 6.25. The molecule has 7 heteroatoms. The van der Waals surface area contributed by atoms with Gasteiger partial charge in [0, 0.05) is 37.9 Å². The van der Waals surface area contributed by atoms with Crippen molar-refractivity contribution in [3.8, 4) is 0 Å². The maximum absolute atomic E-state index is 13.2. The normalized spacial score (nSPS) is 24.7. The third-order valence-corrected chi connectivity index (χ3v) is 6.25. The fourth-order valence-corrected chi connectivity index (χ4v) is 4.28. The largest absolute Gasteiger partial charge is 0.352 e. The predicted molar refractivity (Wildman–Crippen MR) is 112 cm³/mol. The molecule has 1 heterocycles. The van der Waals surface area contributed by atoms with Gasteiger partial charge in [0.2, 0.25) is 11.8 Å². The fraction of sp³-hybridized carbons (Fsp3) is 0.636. The molecule has 6 nitrogen and oxygen atoms in total. The average Bonchev–Trinajstić information content (AvgIpc) is 2.69. The lowest BCUT2D eigenvalue weighted by Gasteiger charge is -2.38. The van der Waals surface area contributed by atoms with Gasteiger partial charge in [0.05, 0.1) is 12.6 Å². The van der Waals surface area contributed by atoms with Crippen LogP contribution in [0.3, 0.4) is 0 Å². The second-order valence-corrected chi connectivity index (χ2v) is 8.42. The van der Waals surface area contributed by atoms with E-state index >= 15 is 0 Å². The van der Waals surface area contributed by atoms with Crippen LogP contribution in [-0.4, -0.2) is 66.4 Å². The van der Waals surface area contributed by atoms with Crippen LogP contribution in [0.5, 0.6) is 0 Å². The van der Waals surface area contributed by atoms with Gasteiger partial charge in [0.25, 0.3) is 0 Å². The first-order chi connectivity index (χ1) is 13.9. The minimum Gasteiger partial charge on any atom is -0.352 e. The molecule has 0 spiro atoms. The molecule has 0 bridgehead atoms. The summed E-state index contributed by atoms with van der Waals surface area (Å²) in [5, 5.41) is 5.99. The highest BCUT2D eigenvalue weighted by atomic mass is 19.1. The maximum Gasteiger partial charge on any atom is 0.238 e. The quantitative estimate of drug-likeness (QED) is 0.765. The van der Waals surface area contributed by atoms with E-state index in [0.717, 1.165) is 32.6 Å². The number of piperazine rings is 1. The average molecular weight is 405 g/mol. The van der Waals surface area contributed by atoms with Crippen LogP contribution in [0, 0.1) is 11.7 Å². The summed E-state index contributed by atoms with van der Waals surface area (Å²) >= 11 is 0. The zero-order valence-electron chi connectivity index (χ0n) is 17.5. The lowest BCUT2D eigenvalue weighted by atomic mass is 9.86. The van der Waals surface area contributed by atoms with Crippen molar-refractivity contribution in [1.82, 2.24) is 15.1 Å². The summed E-state index contributed by atoms with van der Waals surface area (Å²) in [6, 6.07) is 6.04. The van der Waals surface area contributed by atoms with Gasteiger partial charge in [-0.3, -0.25) is 19.4 Å². The molecule has 2 amide bonds. The van der Waals surface area contributed by atoms with E-state index in [9.17, 15) is 14.0 Å². The number of nitrogens with zero attached hydrogens (tertiary/aromatic N) is 2. The molecule has 2 fully saturated rings. The number of amides is 2. The molecule has 0 radical (unpaired) electrons. The molecule has 1 aromatic carbocycles. The highest BCUT2D eigenvalue weighted by molar-refractivity contribution is 5.92. The van der Waals surface area contributed by atoms with Crippen molar-refractivity contribution < 1.29 is 14.0 Å². The van der Waals surface area contributed by atoms with Gasteiger partial charge in [-0.15, -0.1) is 0 Å². The Morgan fingerprint density at radius 1 is 1.17 bits per heavy atom. The van der Waals surface area contributed by atoms with Gasteiger partial charge in [-0.25, -0.2) is 4.39 Å². The summed E-state index contributed by atoms with van der Waals surface area (Å²) < 4.78 is 13.2. The van der Waals surface area contributed by atoms with Gasteiger partial charge >= 0.3 is 0 Å². The monoisotopic (exact) mass is 404 g/mol. The number of halogens is 1. The number of carbonyl (C=O) groups excluding carboxylic acids is 2. The third kappa shape index (κ3) is 6.24. The van der Waals surface area contributed by atoms with E-state index in [1.54, 1.807) is 12.1 Å². The summed E-state index contributed by atoms with van der Waals surface area (Å²) in [6.45, 7) is 7.42. The zero-order chi connectivity index (χ0) is 20.8. The Morgan fingerprint density at radius 2 is 1.90 bits per heavy atom. The van der Waals surface area contributed by atoms with E-state index in [4.69, 9.17) is 0 Å². The highest BCUT2D eigenvalue weighted by Crippen LogP contribution is 2.24. The van der Waals surface area contributed by atoms with E-state index in [0.29, 0.717) is 17.6 Å². The number of nitrogens with one attached hydrogen (secondary N) is 2. The Kier molecular flexibility index (Phi) is 7.61. The number of carbonyl (C=O) groups is 2. The van der Waals surface area contributed by atoms with E-state index in [-0.39, 0.29) is 30.2 Å². The lowest BCUT2D eigenvalue weighted by Crippen LogP contribution is -2.56. The van der Waals surface area contributed by atoms with Crippen molar-refractivity contribution in [2.45, 2.75) is 51.6 Å². The van der Waals surface area contributed by atoms with Crippen LogP contribution in [0.15, 0.2) is 24.3 Å². The van der Waals surface area contributed by atoms with Gasteiger partial charge in [0.15, 0.2) is 0 Å². The van der Waals surface area contributed by atoms with E-state index in [2.05, 4.69) is 27.4 Å². The van der Waals surface area contributed by atoms with Gasteiger partial charge in [-0.1, -0.05) is 25.8 Å². The fourth-order valence-electron chi connectivity index (χ4n) is 4.28. The number of hydrogen-bond donors (Lipinski definition) is 2. The van der Waals surface area contributed by atoms with Crippen molar-refractivity contribution in [2.75, 3.05) is 38.0 Å². The molecule has 1 aromatic rings. The first-order valence-electron chi connectivity index (χ1n) is 10.7. The van der Waals surface area contributed by atoms with Gasteiger partial charge in [-0.05, 0) is 43.9 Å². The summed E-state index contributed by atoms with van der Waals surface area (Å²) in [4.78, 5) is 29.2. The molecule has 0 unspecified atom stereocenters. The summed E-state index contributed by atoms with van der Waals surface area (Å²) in [5.74, 6) is 0.141. The second kappa shape index (κ2) is 10.2. The minimum absolute atomic E-state index is 0.112. The highest BCUT2D eigenvalue weighted by Gasteiger charge is 2.29. The summed E-state index contributed by atoms with van der Waals surface area (Å²) in [5.41, 5.74) is 0.468. The molecule has 1 aliphatic carbocycles. The minimum atomic E-state index is -0.369. The molecule has 29 heavy (non-hydrogen) atoms. The number of benzene rings is 1. The lowest BCUT2D eigenvalue weighted by molar-refractivity contribution is -0.128. The second-order valence-electron chi connectivity index (χ2n) is 8.42. The van der Waals surface area contributed by atoms with E-state index in [1.807, 2.05) is 6.92 Å². The molecule has 2 N–H and O–H groups in total. The molecule has 3 atom stereocenters. The van der Waals surface area contributed by atoms with Gasteiger partial charge < -0.3 is 10.6 Å². The Bertz CT molecular complexity index is 706. The van der Waals surface area contributed by atoms with Crippen LogP contribution in [0.1, 0.15) is 39.5 Å². The van der Waals surface area contributed by atoms with Crippen LogP contribution in [0.2, 0.25) is 0 Å². The zero-order valence-corrected chi connectivity index (χ0v) is 17.5. The first kappa shape index (κ1) is 21.7. The van der Waals surface area contributed by atoms with Crippen LogP contribution >= 0.6 is 0 Å². The summed E-state index contributed by atoms with van der Waals surface area (Å²) in [6.07, 6.45) is 4.72. The van der Waals surface area contributed by atoms with Gasteiger partial charge in [0.1, 0.15) is 5.82 Å². The van der Waals surface area contributed by atoms with Crippen molar-refractivity contribution in [1.29, 1.82) is 0 Å². The molecular weight excluding hydrogens is 371 g/mol. The maximum atomic E-state index is 13.2. The summed E-state index contributed by atoms with van der Waals surface area (Å²) in [7, 11) is 0. The Balaban J connectivity index is 1.41. The molecule has 2 aliphatic rings. The molecule has 3 rings (SSSR count). The number of rotatable bonds is 6. The molecule has 0 aromatic heterocycles. The van der Waals surface area contributed by atoms with E-state index < -0.39 is 0 Å². The van der Waals surface area contributed by atoms with Crippen molar-refractivity contribution >= 4 is 17.5 Å². The van der Waals surface area contributed by atoms with Crippen molar-refractivity contribution in [3.05, 3.63) is 30.1 Å². The predicted octanol–water partition coefficient (Wildman–Crippen LogP) is 2.47. The molecule has 1 aliphatic heterocycles. The first-order valence-corrected chi connectivity index (χ1v) is 10.7. The Hall–Kier alpha value is -1.99. The number of anilines is 1. The Labute approximate surface area is 172 Å². The number of hydrogen-bond acceptors (Lipinski definition) is 4.